The Balaban J connectivity index is 2.17. The smallest absolute Gasteiger partial charge is 0.0973 e. The summed E-state index contributed by atoms with van der Waals surface area (Å²) in [5, 5.41) is 5.58. The second-order valence-electron chi connectivity index (χ2n) is 5.75. The van der Waals surface area contributed by atoms with E-state index in [0.717, 1.165) is 35.5 Å². The predicted molar refractivity (Wildman–Crippen MR) is 82.9 cm³/mol. The molecule has 1 unspecified atom stereocenters. The third kappa shape index (κ3) is 2.25. The van der Waals surface area contributed by atoms with Gasteiger partial charge in [0.25, 0.3) is 0 Å². The second kappa shape index (κ2) is 5.23. The minimum Gasteiger partial charge on any atom is -0.324 e. The molecule has 1 aromatic heterocycles. The first kappa shape index (κ1) is 13.7. The van der Waals surface area contributed by atoms with Crippen molar-refractivity contribution in [3.8, 4) is 11.3 Å². The molecule has 0 saturated carbocycles. The molecule has 20 heavy (non-hydrogen) atoms. The van der Waals surface area contributed by atoms with E-state index in [0.29, 0.717) is 6.04 Å². The fourth-order valence-electron chi connectivity index (χ4n) is 3.00. The van der Waals surface area contributed by atoms with Crippen molar-refractivity contribution in [2.75, 3.05) is 0 Å². The van der Waals surface area contributed by atoms with Gasteiger partial charge < -0.3 is 5.73 Å². The van der Waals surface area contributed by atoms with Crippen molar-refractivity contribution in [1.82, 2.24) is 9.78 Å². The lowest BCUT2D eigenvalue weighted by atomic mass is 9.89. The Kier molecular flexibility index (Phi) is 3.57. The fourth-order valence-corrected chi connectivity index (χ4v) is 3.13. The Bertz CT molecular complexity index is 613. The first-order valence-electron chi connectivity index (χ1n) is 7.20. The van der Waals surface area contributed by atoms with Crippen LogP contribution in [0.2, 0.25) is 5.02 Å². The van der Waals surface area contributed by atoms with Gasteiger partial charge in [-0.15, -0.1) is 0 Å². The molecule has 2 N–H and O–H groups in total. The molecule has 0 radical (unpaired) electrons. The fraction of sp³-hybridized carbons (Fsp3) is 0.438. The maximum absolute atomic E-state index is 6.35. The molecule has 4 heteroatoms. The first-order chi connectivity index (χ1) is 9.58. The normalized spacial score (nSPS) is 18.4. The summed E-state index contributed by atoms with van der Waals surface area (Å²) in [6.07, 6.45) is 3.26. The standard InChI is InChI=1S/C16H20ClN3/c1-10(2)20-14-5-3-4-13(18)15(14)16(19-20)11-6-8-12(17)9-7-11/h6-10,13H,3-5,18H2,1-2H3. The molecular formula is C16H20ClN3. The van der Waals surface area contributed by atoms with Gasteiger partial charge in [-0.1, -0.05) is 23.7 Å². The molecule has 1 atom stereocenters. The highest BCUT2D eigenvalue weighted by Gasteiger charge is 2.27. The molecule has 1 aromatic carbocycles. The van der Waals surface area contributed by atoms with Crippen molar-refractivity contribution in [2.45, 2.75) is 45.2 Å². The van der Waals surface area contributed by atoms with Crippen molar-refractivity contribution < 1.29 is 0 Å². The van der Waals surface area contributed by atoms with Crippen LogP contribution in [0.5, 0.6) is 0 Å². The van der Waals surface area contributed by atoms with Crippen LogP contribution in [-0.4, -0.2) is 9.78 Å². The van der Waals surface area contributed by atoms with E-state index in [1.165, 1.54) is 11.3 Å². The van der Waals surface area contributed by atoms with Crippen molar-refractivity contribution in [2.24, 2.45) is 5.73 Å². The maximum Gasteiger partial charge on any atom is 0.0973 e. The van der Waals surface area contributed by atoms with Crippen molar-refractivity contribution in [3.05, 3.63) is 40.5 Å². The van der Waals surface area contributed by atoms with Crippen molar-refractivity contribution in [3.63, 3.8) is 0 Å². The summed E-state index contributed by atoms with van der Waals surface area (Å²) in [5.41, 5.74) is 11.0. The minimum atomic E-state index is 0.0944. The van der Waals surface area contributed by atoms with E-state index in [2.05, 4.69) is 18.5 Å². The highest BCUT2D eigenvalue weighted by molar-refractivity contribution is 6.30. The Morgan fingerprint density at radius 2 is 2.00 bits per heavy atom. The first-order valence-corrected chi connectivity index (χ1v) is 7.58. The number of hydrogen-bond donors (Lipinski definition) is 1. The van der Waals surface area contributed by atoms with Gasteiger partial charge in [-0.2, -0.15) is 5.10 Å². The quantitative estimate of drug-likeness (QED) is 0.904. The molecule has 3 nitrogen and oxygen atoms in total. The van der Waals surface area contributed by atoms with Gasteiger partial charge >= 0.3 is 0 Å². The van der Waals surface area contributed by atoms with E-state index in [9.17, 15) is 0 Å². The van der Waals surface area contributed by atoms with E-state index >= 15 is 0 Å². The second-order valence-corrected chi connectivity index (χ2v) is 6.19. The van der Waals surface area contributed by atoms with Crippen LogP contribution in [0.1, 0.15) is 50.0 Å². The lowest BCUT2D eigenvalue weighted by molar-refractivity contribution is 0.480. The lowest BCUT2D eigenvalue weighted by Crippen LogP contribution is -2.19. The Morgan fingerprint density at radius 3 is 2.65 bits per heavy atom. The molecule has 0 saturated heterocycles. The van der Waals surface area contributed by atoms with Crippen LogP contribution in [0.15, 0.2) is 24.3 Å². The molecule has 0 spiro atoms. The molecule has 0 aliphatic heterocycles. The van der Waals surface area contributed by atoms with Crippen LogP contribution in [0.3, 0.4) is 0 Å². The van der Waals surface area contributed by atoms with Crippen LogP contribution in [0.25, 0.3) is 11.3 Å². The average molecular weight is 290 g/mol. The molecule has 106 valence electrons. The number of rotatable bonds is 2. The number of benzene rings is 1. The van der Waals surface area contributed by atoms with Crippen LogP contribution in [-0.2, 0) is 6.42 Å². The molecule has 1 aliphatic carbocycles. The lowest BCUT2D eigenvalue weighted by Gasteiger charge is -2.21. The number of nitrogens with zero attached hydrogens (tertiary/aromatic N) is 2. The van der Waals surface area contributed by atoms with Crippen LogP contribution in [0, 0.1) is 0 Å². The van der Waals surface area contributed by atoms with Crippen molar-refractivity contribution >= 4 is 11.6 Å². The highest BCUT2D eigenvalue weighted by Crippen LogP contribution is 2.37. The zero-order valence-electron chi connectivity index (χ0n) is 11.9. The Hall–Kier alpha value is -1.32. The monoisotopic (exact) mass is 289 g/mol. The third-order valence-corrected chi connectivity index (χ3v) is 4.21. The van der Waals surface area contributed by atoms with Gasteiger partial charge in [0.1, 0.15) is 0 Å². The maximum atomic E-state index is 6.35. The van der Waals surface area contributed by atoms with E-state index in [1.54, 1.807) is 0 Å². The summed E-state index contributed by atoms with van der Waals surface area (Å²) < 4.78 is 2.14. The molecule has 0 fully saturated rings. The number of halogens is 1. The number of hydrogen-bond acceptors (Lipinski definition) is 2. The highest BCUT2D eigenvalue weighted by atomic mass is 35.5. The average Bonchev–Trinajstić information content (AvgIpc) is 2.81. The van der Waals surface area contributed by atoms with Gasteiger partial charge in [-0.25, -0.2) is 0 Å². The summed E-state index contributed by atoms with van der Waals surface area (Å²) in [6.45, 7) is 4.33. The van der Waals surface area contributed by atoms with Crippen LogP contribution < -0.4 is 5.73 Å². The zero-order valence-corrected chi connectivity index (χ0v) is 12.7. The SMILES string of the molecule is CC(C)n1nc(-c2ccc(Cl)cc2)c2c1CCCC2N. The van der Waals surface area contributed by atoms with Gasteiger partial charge in [0, 0.05) is 33.9 Å². The van der Waals surface area contributed by atoms with E-state index in [-0.39, 0.29) is 6.04 Å². The van der Waals surface area contributed by atoms with Gasteiger partial charge in [0.15, 0.2) is 0 Å². The van der Waals surface area contributed by atoms with Gasteiger partial charge in [-0.05, 0) is 45.2 Å². The van der Waals surface area contributed by atoms with Crippen molar-refractivity contribution in [1.29, 1.82) is 0 Å². The van der Waals surface area contributed by atoms with Gasteiger partial charge in [-0.3, -0.25) is 4.68 Å². The molecular weight excluding hydrogens is 270 g/mol. The minimum absolute atomic E-state index is 0.0944. The summed E-state index contributed by atoms with van der Waals surface area (Å²) in [6, 6.07) is 8.32. The molecule has 0 amide bonds. The molecule has 1 heterocycles. The molecule has 0 bridgehead atoms. The molecule has 2 aromatic rings. The van der Waals surface area contributed by atoms with Gasteiger partial charge in [0.2, 0.25) is 0 Å². The van der Waals surface area contributed by atoms with E-state index in [1.807, 2.05) is 24.3 Å². The summed E-state index contributed by atoms with van der Waals surface area (Å²) in [4.78, 5) is 0. The Labute approximate surface area is 124 Å². The van der Waals surface area contributed by atoms with Crippen LogP contribution in [0.4, 0.5) is 0 Å². The Morgan fingerprint density at radius 1 is 1.30 bits per heavy atom. The molecule has 3 rings (SSSR count). The summed E-state index contributed by atoms with van der Waals surface area (Å²) in [7, 11) is 0. The summed E-state index contributed by atoms with van der Waals surface area (Å²) in [5.74, 6) is 0. The largest absolute Gasteiger partial charge is 0.324 e. The van der Waals surface area contributed by atoms with Crippen LogP contribution >= 0.6 is 11.6 Å². The predicted octanol–water partition coefficient (Wildman–Crippen LogP) is 4.12. The summed E-state index contributed by atoms with van der Waals surface area (Å²) >= 11 is 5.98. The number of fused-ring (bicyclic) bond motifs is 1. The molecule has 1 aliphatic rings. The number of aromatic nitrogens is 2. The van der Waals surface area contributed by atoms with E-state index in [4.69, 9.17) is 22.4 Å². The van der Waals surface area contributed by atoms with Gasteiger partial charge in [0.05, 0.1) is 5.69 Å². The zero-order chi connectivity index (χ0) is 14.3. The van der Waals surface area contributed by atoms with E-state index < -0.39 is 0 Å². The topological polar surface area (TPSA) is 43.8 Å². The number of nitrogens with two attached hydrogens (primary N) is 1. The third-order valence-electron chi connectivity index (χ3n) is 3.96.